The van der Waals surface area contributed by atoms with Crippen molar-refractivity contribution in [1.82, 2.24) is 0 Å². The van der Waals surface area contributed by atoms with Gasteiger partial charge in [-0.15, -0.1) is 0 Å². The number of carbonyl (C=O) groups is 5. The van der Waals surface area contributed by atoms with Crippen LogP contribution in [-0.4, -0.2) is 67.3 Å². The summed E-state index contributed by atoms with van der Waals surface area (Å²) in [5.74, 6) is 0. The third-order valence-corrected chi connectivity index (χ3v) is 0. The van der Waals surface area contributed by atoms with Crippen LogP contribution in [0.15, 0.2) is 0 Å². The van der Waals surface area contributed by atoms with E-state index < -0.39 is 30.8 Å². The van der Waals surface area contributed by atoms with Crippen LogP contribution in [0.3, 0.4) is 0 Å². The summed E-state index contributed by atoms with van der Waals surface area (Å²) in [5.41, 5.74) is 0. The first-order valence-corrected chi connectivity index (χ1v) is 3.16. The van der Waals surface area contributed by atoms with Crippen molar-refractivity contribution in [2.45, 2.75) is 0 Å². The maximum atomic E-state index is 8.44. The Labute approximate surface area is 146 Å². The third-order valence-electron chi connectivity index (χ3n) is 0. The van der Waals surface area contributed by atoms with Crippen LogP contribution < -0.4 is 55.1 Å². The Bertz CT molecular complexity index is 213. The van der Waals surface area contributed by atoms with Gasteiger partial charge in [0.25, 0.3) is 0 Å². The van der Waals surface area contributed by atoms with E-state index in [-0.39, 0.29) is 40.5 Å². The van der Waals surface area contributed by atoms with Crippen LogP contribution >= 0.6 is 0 Å². The minimum Gasteiger partial charge on any atom is -0.565 e. The van der Waals surface area contributed by atoms with Crippen LogP contribution in [0.1, 0.15) is 0 Å². The average molecular weight is 356 g/mol. The first-order valence-electron chi connectivity index (χ1n) is 3.16. The molecular formula is C5H5NaO15Si. The monoisotopic (exact) mass is 356 g/mol. The smallest absolute Gasteiger partial charge is 0.565 e. The van der Waals surface area contributed by atoms with Crippen molar-refractivity contribution in [3.63, 3.8) is 0 Å². The predicted octanol–water partition coefficient (Wildman–Crippen LogP) is -8.94. The molecule has 0 spiro atoms. The van der Waals surface area contributed by atoms with E-state index in [2.05, 4.69) is 0 Å². The second-order valence-corrected chi connectivity index (χ2v) is 1.33. The minimum atomic E-state index is -2.08. The van der Waals surface area contributed by atoms with Gasteiger partial charge < -0.3 is 75.0 Å². The van der Waals surface area contributed by atoms with Gasteiger partial charge in [-0.05, 0) is 0 Å². The van der Waals surface area contributed by atoms with E-state index in [4.69, 9.17) is 75.0 Å². The third kappa shape index (κ3) is 814. The van der Waals surface area contributed by atoms with E-state index in [1.807, 2.05) is 0 Å². The number of carboxylic acid groups (broad SMARTS) is 10. The topological polar surface area (TPSA) is 302 Å². The van der Waals surface area contributed by atoms with Crippen molar-refractivity contribution in [3.05, 3.63) is 0 Å². The standard InChI is InChI=1S/5CH2O3.Na.Si/c5*2-1(3)4;;/h5*(H2,2,3,4);;/q;;;;;+1;+4/p-5. The van der Waals surface area contributed by atoms with Gasteiger partial charge in [0, 0.05) is 0 Å². The van der Waals surface area contributed by atoms with E-state index in [1.165, 1.54) is 0 Å². The fourth-order valence-corrected chi connectivity index (χ4v) is 0. The molecule has 15 nitrogen and oxygen atoms in total. The summed E-state index contributed by atoms with van der Waals surface area (Å²) >= 11 is 0. The van der Waals surface area contributed by atoms with Crippen molar-refractivity contribution in [1.29, 1.82) is 0 Å². The summed E-state index contributed by atoms with van der Waals surface area (Å²) in [7, 11) is 0. The van der Waals surface area contributed by atoms with Crippen molar-refractivity contribution >= 4 is 41.7 Å². The molecule has 0 aliphatic carbocycles. The maximum absolute atomic E-state index is 8.44. The molecule has 0 fully saturated rings. The van der Waals surface area contributed by atoms with Crippen molar-refractivity contribution in [2.75, 3.05) is 0 Å². The summed E-state index contributed by atoms with van der Waals surface area (Å²) in [6, 6.07) is 0. The molecule has 0 radical (unpaired) electrons. The number of rotatable bonds is 0. The average Bonchev–Trinajstić information content (AvgIpc) is 1.94. The van der Waals surface area contributed by atoms with Gasteiger partial charge in [0.05, 0.1) is 0 Å². The summed E-state index contributed by atoms with van der Waals surface area (Å²) in [6.45, 7) is 0. The van der Waals surface area contributed by atoms with Gasteiger partial charge in [-0.1, -0.05) is 0 Å². The summed E-state index contributed by atoms with van der Waals surface area (Å²) in [6.07, 6.45) is -10.4. The zero-order valence-corrected chi connectivity index (χ0v) is 13.3. The largest absolute Gasteiger partial charge is 4.00 e. The molecule has 0 saturated heterocycles. The van der Waals surface area contributed by atoms with Crippen LogP contribution in [0.25, 0.3) is 0 Å². The van der Waals surface area contributed by atoms with Gasteiger partial charge in [0.2, 0.25) is 30.8 Å². The molecule has 0 aromatic heterocycles. The summed E-state index contributed by atoms with van der Waals surface area (Å²) in [5, 5.41) is 76.5. The molecule has 0 amide bonds. The van der Waals surface area contributed by atoms with E-state index >= 15 is 0 Å². The number of hydrogen-bond acceptors (Lipinski definition) is 10. The molecule has 0 atom stereocenters. The molecule has 22 heavy (non-hydrogen) atoms. The van der Waals surface area contributed by atoms with Gasteiger partial charge in [-0.2, -0.15) is 0 Å². The molecule has 17 heteroatoms. The van der Waals surface area contributed by atoms with Gasteiger partial charge in [0.1, 0.15) is 0 Å². The maximum Gasteiger partial charge on any atom is 4.00 e. The van der Waals surface area contributed by atoms with E-state index in [0.29, 0.717) is 0 Å². The molecule has 0 rings (SSSR count). The Morgan fingerprint density at radius 3 is 0.455 bits per heavy atom. The zero-order valence-electron chi connectivity index (χ0n) is 10.3. The van der Waals surface area contributed by atoms with Gasteiger partial charge in [-0.25, -0.2) is 0 Å². The van der Waals surface area contributed by atoms with Crippen LogP contribution in [0, 0.1) is 0 Å². The fourth-order valence-electron chi connectivity index (χ4n) is 0. The molecule has 0 bridgehead atoms. The van der Waals surface area contributed by atoms with E-state index in [1.54, 1.807) is 0 Å². The van der Waals surface area contributed by atoms with Crippen LogP contribution in [0.4, 0.5) is 24.0 Å². The summed E-state index contributed by atoms with van der Waals surface area (Å²) in [4.78, 5) is 42.2. The normalized spacial score (nSPS) is 5.45. The Hall–Kier alpha value is -2.43. The zero-order chi connectivity index (χ0) is 17.9. The molecule has 0 aliphatic rings. The molecule has 5 N–H and O–H groups in total. The first kappa shape index (κ1) is 42.7. The molecule has 0 aromatic carbocycles. The quantitative estimate of drug-likeness (QED) is 0.251. The van der Waals surface area contributed by atoms with E-state index in [0.717, 1.165) is 0 Å². The molecule has 0 aliphatic heterocycles. The number of hydrogen-bond donors (Lipinski definition) is 5. The molecular weight excluding hydrogens is 351 g/mol. The Kier molecular flexibility index (Phi) is 70.4. The second kappa shape index (κ2) is 36.3. The van der Waals surface area contributed by atoms with Crippen LogP contribution in [0.5, 0.6) is 0 Å². The van der Waals surface area contributed by atoms with Gasteiger partial charge in [0.15, 0.2) is 0 Å². The van der Waals surface area contributed by atoms with Crippen molar-refractivity contribution < 1.29 is 105 Å². The second-order valence-electron chi connectivity index (χ2n) is 1.33. The van der Waals surface area contributed by atoms with Crippen molar-refractivity contribution in [3.8, 4) is 0 Å². The molecule has 120 valence electrons. The Morgan fingerprint density at radius 1 is 0.455 bits per heavy atom. The van der Waals surface area contributed by atoms with Gasteiger partial charge in [-0.3, -0.25) is 0 Å². The predicted molar refractivity (Wildman–Crippen MR) is 45.9 cm³/mol. The minimum absolute atomic E-state index is 0. The molecule has 0 heterocycles. The molecule has 0 saturated carbocycles. The van der Waals surface area contributed by atoms with E-state index in [9.17, 15) is 0 Å². The Balaban J connectivity index is -0.0000000250. The van der Waals surface area contributed by atoms with Gasteiger partial charge >= 0.3 is 40.5 Å². The first-order chi connectivity index (χ1) is 8.66. The Morgan fingerprint density at radius 2 is 0.455 bits per heavy atom. The molecule has 0 unspecified atom stereocenters. The van der Waals surface area contributed by atoms with Crippen molar-refractivity contribution in [2.24, 2.45) is 0 Å². The van der Waals surface area contributed by atoms with Crippen LogP contribution in [0.2, 0.25) is 0 Å². The fraction of sp³-hybridized carbons (Fsp3) is 0. The summed E-state index contributed by atoms with van der Waals surface area (Å²) < 4.78 is 0. The SMILES string of the molecule is O=C([O-])O.O=C([O-])O.O=C([O-])O.O=C([O-])O.O=C([O-])O.[Na+].[Si+4]. The molecule has 0 aromatic rings. The van der Waals surface area contributed by atoms with Crippen LogP contribution in [-0.2, 0) is 0 Å².